The first-order chi connectivity index (χ1) is 14.0. The maximum Gasteiger partial charge on any atom is 0.257 e. The van der Waals surface area contributed by atoms with Gasteiger partial charge in [0.2, 0.25) is 5.88 Å². The first-order valence-electron chi connectivity index (χ1n) is 9.47. The molecule has 0 saturated carbocycles. The van der Waals surface area contributed by atoms with Gasteiger partial charge in [-0.2, -0.15) is 10.1 Å². The highest BCUT2D eigenvalue weighted by molar-refractivity contribution is 5.93. The van der Waals surface area contributed by atoms with E-state index in [-0.39, 0.29) is 11.8 Å². The summed E-state index contributed by atoms with van der Waals surface area (Å²) in [5.41, 5.74) is 1.42. The summed E-state index contributed by atoms with van der Waals surface area (Å²) in [4.78, 5) is 23.7. The van der Waals surface area contributed by atoms with E-state index in [4.69, 9.17) is 9.47 Å². The van der Waals surface area contributed by atoms with Gasteiger partial charge >= 0.3 is 0 Å². The van der Waals surface area contributed by atoms with Crippen LogP contribution in [-0.4, -0.2) is 50.8 Å². The lowest BCUT2D eigenvalue weighted by molar-refractivity contribution is 0.0790. The van der Waals surface area contributed by atoms with Crippen molar-refractivity contribution in [3.8, 4) is 17.4 Å². The summed E-state index contributed by atoms with van der Waals surface area (Å²) >= 11 is 0. The van der Waals surface area contributed by atoms with Crippen molar-refractivity contribution in [2.45, 2.75) is 19.3 Å². The molecule has 4 rings (SSSR count). The Morgan fingerprint density at radius 1 is 1.21 bits per heavy atom. The van der Waals surface area contributed by atoms with Crippen LogP contribution in [0.5, 0.6) is 17.4 Å². The van der Waals surface area contributed by atoms with Gasteiger partial charge in [0.1, 0.15) is 17.3 Å². The van der Waals surface area contributed by atoms with Crippen molar-refractivity contribution in [3.63, 3.8) is 0 Å². The number of carbonyl (C=O) groups is 1. The largest absolute Gasteiger partial charge is 0.497 e. The summed E-state index contributed by atoms with van der Waals surface area (Å²) < 4.78 is 12.8. The molecule has 1 aliphatic heterocycles. The highest BCUT2D eigenvalue weighted by atomic mass is 16.5. The molecule has 1 fully saturated rings. The highest BCUT2D eigenvalue weighted by Gasteiger charge is 2.30. The predicted octanol–water partition coefficient (Wildman–Crippen LogP) is 2.95. The fourth-order valence-corrected chi connectivity index (χ4v) is 3.45. The predicted molar refractivity (Wildman–Crippen MR) is 106 cm³/mol. The Hall–Kier alpha value is -3.42. The van der Waals surface area contributed by atoms with Crippen molar-refractivity contribution < 1.29 is 14.3 Å². The second-order valence-corrected chi connectivity index (χ2v) is 7.13. The summed E-state index contributed by atoms with van der Waals surface area (Å²) in [5.74, 6) is 2.61. The SMILES string of the molecule is COc1cccc(Oc2cc(C)nc([C@@H]3CCN(C(=O)c4cnn(C)c4)C3)n2)c1. The van der Waals surface area contributed by atoms with E-state index in [2.05, 4.69) is 15.1 Å². The molecule has 0 N–H and O–H groups in total. The summed E-state index contributed by atoms with van der Waals surface area (Å²) in [6, 6.07) is 9.18. The number of nitrogens with zero attached hydrogens (tertiary/aromatic N) is 5. The molecule has 1 amide bonds. The fraction of sp³-hybridized carbons (Fsp3) is 0.333. The van der Waals surface area contributed by atoms with E-state index in [1.165, 1.54) is 0 Å². The first kappa shape index (κ1) is 18.9. The Morgan fingerprint density at radius 3 is 2.79 bits per heavy atom. The number of aryl methyl sites for hydroxylation is 2. The Labute approximate surface area is 169 Å². The first-order valence-corrected chi connectivity index (χ1v) is 9.47. The number of hydrogen-bond donors (Lipinski definition) is 0. The van der Waals surface area contributed by atoms with Gasteiger partial charge in [0.15, 0.2) is 0 Å². The summed E-state index contributed by atoms with van der Waals surface area (Å²) in [7, 11) is 3.42. The average Bonchev–Trinajstić information content (AvgIpc) is 3.36. The van der Waals surface area contributed by atoms with Crippen LogP contribution in [0.3, 0.4) is 0 Å². The van der Waals surface area contributed by atoms with Gasteiger partial charge < -0.3 is 14.4 Å². The molecule has 8 nitrogen and oxygen atoms in total. The monoisotopic (exact) mass is 393 g/mol. The van der Waals surface area contributed by atoms with Crippen LogP contribution in [0.25, 0.3) is 0 Å². The molecule has 8 heteroatoms. The third kappa shape index (κ3) is 4.21. The van der Waals surface area contributed by atoms with E-state index in [0.717, 1.165) is 12.1 Å². The van der Waals surface area contributed by atoms with Gasteiger partial charge in [0.05, 0.1) is 18.9 Å². The Morgan fingerprint density at radius 2 is 2.03 bits per heavy atom. The standard InChI is InChI=1S/C21H23N5O3/c1-14-9-19(29-18-6-4-5-17(10-18)28-3)24-20(23-14)15-7-8-26(13-15)21(27)16-11-22-25(2)12-16/h4-6,9-12,15H,7-8,13H2,1-3H3/t15-/m1/s1. The lowest BCUT2D eigenvalue weighted by Gasteiger charge is -2.15. The zero-order chi connectivity index (χ0) is 20.4. The van der Waals surface area contributed by atoms with Gasteiger partial charge in [-0.05, 0) is 25.5 Å². The van der Waals surface area contributed by atoms with Crippen LogP contribution in [0.15, 0.2) is 42.7 Å². The van der Waals surface area contributed by atoms with Crippen molar-refractivity contribution in [2.75, 3.05) is 20.2 Å². The topological polar surface area (TPSA) is 82.4 Å². The highest BCUT2D eigenvalue weighted by Crippen LogP contribution is 2.29. The molecular formula is C21H23N5O3. The van der Waals surface area contributed by atoms with Crippen LogP contribution in [0.1, 0.15) is 34.2 Å². The molecule has 29 heavy (non-hydrogen) atoms. The van der Waals surface area contributed by atoms with Gasteiger partial charge in [0.25, 0.3) is 5.91 Å². The van der Waals surface area contributed by atoms with Gasteiger partial charge in [-0.1, -0.05) is 6.07 Å². The maximum atomic E-state index is 12.7. The zero-order valence-corrected chi connectivity index (χ0v) is 16.7. The fourth-order valence-electron chi connectivity index (χ4n) is 3.45. The van der Waals surface area contributed by atoms with Crippen molar-refractivity contribution >= 4 is 5.91 Å². The van der Waals surface area contributed by atoms with Crippen LogP contribution < -0.4 is 9.47 Å². The molecular weight excluding hydrogens is 370 g/mol. The van der Waals surface area contributed by atoms with Crippen molar-refractivity contribution in [3.05, 3.63) is 59.8 Å². The van der Waals surface area contributed by atoms with Crippen LogP contribution >= 0.6 is 0 Å². The van der Waals surface area contributed by atoms with Crippen molar-refractivity contribution in [1.29, 1.82) is 0 Å². The number of ether oxygens (including phenoxy) is 2. The van der Waals surface area contributed by atoms with E-state index < -0.39 is 0 Å². The van der Waals surface area contributed by atoms with E-state index in [9.17, 15) is 4.79 Å². The molecule has 0 unspecified atom stereocenters. The van der Waals surface area contributed by atoms with Crippen molar-refractivity contribution in [1.82, 2.24) is 24.6 Å². The number of likely N-dealkylation sites (tertiary alicyclic amines) is 1. The average molecular weight is 393 g/mol. The Kier molecular flexibility index (Phi) is 5.16. The van der Waals surface area contributed by atoms with Gasteiger partial charge in [0, 0.05) is 50.1 Å². The number of carbonyl (C=O) groups excluding carboxylic acids is 1. The van der Waals surface area contributed by atoms with Crippen LogP contribution in [0.2, 0.25) is 0 Å². The Balaban J connectivity index is 1.49. The minimum atomic E-state index is -0.0129. The molecule has 3 aromatic rings. The quantitative estimate of drug-likeness (QED) is 0.663. The molecule has 3 heterocycles. The number of amides is 1. The molecule has 0 spiro atoms. The molecule has 0 bridgehead atoms. The van der Waals surface area contributed by atoms with Crippen LogP contribution in [0, 0.1) is 6.92 Å². The maximum absolute atomic E-state index is 12.7. The second kappa shape index (κ2) is 7.90. The van der Waals surface area contributed by atoms with E-state index in [1.807, 2.05) is 30.0 Å². The molecule has 1 atom stereocenters. The van der Waals surface area contributed by atoms with Gasteiger partial charge in [-0.3, -0.25) is 9.48 Å². The lowest BCUT2D eigenvalue weighted by atomic mass is 10.1. The Bertz CT molecular complexity index is 1030. The van der Waals surface area contributed by atoms with Gasteiger partial charge in [-0.25, -0.2) is 4.98 Å². The normalized spacial score (nSPS) is 16.1. The minimum Gasteiger partial charge on any atom is -0.497 e. The third-order valence-electron chi connectivity index (χ3n) is 4.90. The van der Waals surface area contributed by atoms with Gasteiger partial charge in [-0.15, -0.1) is 0 Å². The number of aromatic nitrogens is 4. The molecule has 2 aromatic heterocycles. The smallest absolute Gasteiger partial charge is 0.257 e. The third-order valence-corrected chi connectivity index (χ3v) is 4.90. The molecule has 0 radical (unpaired) electrons. The van der Waals surface area contributed by atoms with Crippen LogP contribution in [-0.2, 0) is 7.05 Å². The number of benzene rings is 1. The molecule has 0 aliphatic carbocycles. The summed E-state index contributed by atoms with van der Waals surface area (Å²) in [6.45, 7) is 3.16. The number of hydrogen-bond acceptors (Lipinski definition) is 6. The molecule has 1 aliphatic rings. The summed E-state index contributed by atoms with van der Waals surface area (Å²) in [6.07, 6.45) is 4.14. The second-order valence-electron chi connectivity index (χ2n) is 7.13. The van der Waals surface area contributed by atoms with Crippen molar-refractivity contribution in [2.24, 2.45) is 7.05 Å². The van der Waals surface area contributed by atoms with E-state index >= 15 is 0 Å². The van der Waals surface area contributed by atoms with E-state index in [1.54, 1.807) is 43.4 Å². The molecule has 1 saturated heterocycles. The number of methoxy groups -OCH3 is 1. The summed E-state index contributed by atoms with van der Waals surface area (Å²) in [5, 5.41) is 4.08. The minimum absolute atomic E-state index is 0.0129. The lowest BCUT2D eigenvalue weighted by Crippen LogP contribution is -2.28. The molecule has 150 valence electrons. The number of rotatable bonds is 5. The van der Waals surface area contributed by atoms with Crippen LogP contribution in [0.4, 0.5) is 0 Å². The molecule has 1 aromatic carbocycles. The zero-order valence-electron chi connectivity index (χ0n) is 16.7. The van der Waals surface area contributed by atoms with E-state index in [0.29, 0.717) is 41.9 Å².